The van der Waals surface area contributed by atoms with Crippen molar-refractivity contribution in [1.82, 2.24) is 0 Å². The molecule has 4 rings (SSSR count). The van der Waals surface area contributed by atoms with E-state index in [2.05, 4.69) is 21.2 Å². The number of rotatable bonds is 3. The summed E-state index contributed by atoms with van der Waals surface area (Å²) in [5.41, 5.74) is 2.82. The Morgan fingerprint density at radius 1 is 1.00 bits per heavy atom. The Balaban J connectivity index is 1.50. The summed E-state index contributed by atoms with van der Waals surface area (Å²) in [7, 11) is 0. The molecule has 0 bridgehead atoms. The SMILES string of the molecule is CC1=CC[C@@H]2C(=O)N(c3ccc(C(=O)Nc4ccc(Br)cc4)cc3)C(=O)[C@H]2C1. The summed E-state index contributed by atoms with van der Waals surface area (Å²) in [5, 5.41) is 2.82. The average Bonchev–Trinajstić information content (AvgIpc) is 2.93. The lowest BCUT2D eigenvalue weighted by Gasteiger charge is -2.18. The van der Waals surface area contributed by atoms with Crippen molar-refractivity contribution in [3.8, 4) is 0 Å². The number of imide groups is 1. The van der Waals surface area contributed by atoms with Gasteiger partial charge >= 0.3 is 0 Å². The Hall–Kier alpha value is -2.73. The molecule has 2 atom stereocenters. The smallest absolute Gasteiger partial charge is 0.255 e. The molecule has 3 amide bonds. The summed E-state index contributed by atoms with van der Waals surface area (Å²) < 4.78 is 0.931. The number of carbonyl (C=O) groups excluding carboxylic acids is 3. The molecule has 1 saturated heterocycles. The van der Waals surface area contributed by atoms with E-state index in [9.17, 15) is 14.4 Å². The minimum absolute atomic E-state index is 0.144. The molecule has 1 aliphatic heterocycles. The fourth-order valence-electron chi connectivity index (χ4n) is 3.79. The third kappa shape index (κ3) is 3.40. The van der Waals surface area contributed by atoms with Crippen molar-refractivity contribution in [1.29, 1.82) is 0 Å². The molecule has 1 fully saturated rings. The highest BCUT2D eigenvalue weighted by atomic mass is 79.9. The van der Waals surface area contributed by atoms with Crippen LogP contribution in [0.4, 0.5) is 11.4 Å². The van der Waals surface area contributed by atoms with Gasteiger partial charge in [0.25, 0.3) is 5.91 Å². The lowest BCUT2D eigenvalue weighted by molar-refractivity contribution is -0.122. The highest BCUT2D eigenvalue weighted by molar-refractivity contribution is 9.10. The van der Waals surface area contributed by atoms with Gasteiger partial charge in [-0.05, 0) is 68.3 Å². The van der Waals surface area contributed by atoms with Gasteiger partial charge in [-0.3, -0.25) is 19.3 Å². The van der Waals surface area contributed by atoms with Crippen LogP contribution in [-0.2, 0) is 9.59 Å². The zero-order valence-corrected chi connectivity index (χ0v) is 16.9. The first-order valence-corrected chi connectivity index (χ1v) is 9.94. The Kier molecular flexibility index (Phi) is 4.89. The van der Waals surface area contributed by atoms with Gasteiger partial charge in [-0.2, -0.15) is 0 Å². The highest BCUT2D eigenvalue weighted by Gasteiger charge is 2.48. The van der Waals surface area contributed by atoms with Crippen molar-refractivity contribution in [2.45, 2.75) is 19.8 Å². The Bertz CT molecular complexity index is 980. The van der Waals surface area contributed by atoms with Crippen LogP contribution in [0.5, 0.6) is 0 Å². The van der Waals surface area contributed by atoms with E-state index in [4.69, 9.17) is 0 Å². The fourth-order valence-corrected chi connectivity index (χ4v) is 4.05. The van der Waals surface area contributed by atoms with Crippen LogP contribution in [0.25, 0.3) is 0 Å². The Morgan fingerprint density at radius 3 is 2.32 bits per heavy atom. The van der Waals surface area contributed by atoms with Crippen LogP contribution in [-0.4, -0.2) is 17.7 Å². The molecule has 6 heteroatoms. The van der Waals surface area contributed by atoms with Crippen molar-refractivity contribution in [2.24, 2.45) is 11.8 Å². The van der Waals surface area contributed by atoms with Crippen LogP contribution >= 0.6 is 15.9 Å². The van der Waals surface area contributed by atoms with Crippen molar-refractivity contribution >= 4 is 45.0 Å². The van der Waals surface area contributed by atoms with Crippen molar-refractivity contribution in [2.75, 3.05) is 10.2 Å². The fraction of sp³-hybridized carbons (Fsp3) is 0.227. The molecule has 2 aromatic carbocycles. The zero-order valence-electron chi connectivity index (χ0n) is 15.3. The van der Waals surface area contributed by atoms with Gasteiger partial charge in [-0.1, -0.05) is 27.6 Å². The van der Waals surface area contributed by atoms with Crippen LogP contribution in [0.3, 0.4) is 0 Å². The quantitative estimate of drug-likeness (QED) is 0.564. The molecule has 1 aliphatic carbocycles. The summed E-state index contributed by atoms with van der Waals surface area (Å²) in [6.07, 6.45) is 3.30. The van der Waals surface area contributed by atoms with Crippen molar-refractivity contribution in [3.63, 3.8) is 0 Å². The maximum Gasteiger partial charge on any atom is 0.255 e. The number of benzene rings is 2. The largest absolute Gasteiger partial charge is 0.322 e. The van der Waals surface area contributed by atoms with Crippen molar-refractivity contribution in [3.05, 3.63) is 70.2 Å². The number of nitrogens with zero attached hydrogens (tertiary/aromatic N) is 1. The predicted molar refractivity (Wildman–Crippen MR) is 111 cm³/mol. The molecule has 1 N–H and O–H groups in total. The number of hydrogen-bond donors (Lipinski definition) is 1. The van der Waals surface area contributed by atoms with E-state index in [1.807, 2.05) is 25.1 Å². The summed E-state index contributed by atoms with van der Waals surface area (Å²) in [4.78, 5) is 39.2. The molecule has 2 aliphatic rings. The van der Waals surface area contributed by atoms with E-state index in [0.717, 1.165) is 10.0 Å². The molecule has 0 spiro atoms. The number of allylic oxidation sites excluding steroid dienone is 2. The second-order valence-corrected chi connectivity index (χ2v) is 8.14. The van der Waals surface area contributed by atoms with Crippen molar-refractivity contribution < 1.29 is 14.4 Å². The molecule has 0 unspecified atom stereocenters. The van der Waals surface area contributed by atoms with E-state index in [0.29, 0.717) is 29.8 Å². The van der Waals surface area contributed by atoms with E-state index in [1.165, 1.54) is 4.90 Å². The number of fused-ring (bicyclic) bond motifs is 1. The number of halogens is 1. The van der Waals surface area contributed by atoms with Crippen LogP contribution in [0.2, 0.25) is 0 Å². The second kappa shape index (κ2) is 7.36. The highest BCUT2D eigenvalue weighted by Crippen LogP contribution is 2.39. The number of nitrogens with one attached hydrogen (secondary N) is 1. The third-order valence-electron chi connectivity index (χ3n) is 5.31. The van der Waals surface area contributed by atoms with Gasteiger partial charge < -0.3 is 5.32 Å². The van der Waals surface area contributed by atoms with Crippen LogP contribution < -0.4 is 10.2 Å². The van der Waals surface area contributed by atoms with E-state index in [-0.39, 0.29) is 29.6 Å². The van der Waals surface area contributed by atoms with Gasteiger partial charge in [0.15, 0.2) is 0 Å². The first kappa shape index (κ1) is 18.6. The summed E-state index contributed by atoms with van der Waals surface area (Å²) in [6, 6.07) is 13.9. The van der Waals surface area contributed by atoms with Crippen LogP contribution in [0, 0.1) is 11.8 Å². The first-order chi connectivity index (χ1) is 13.4. The molecular weight excluding hydrogens is 420 g/mol. The van der Waals surface area contributed by atoms with Gasteiger partial charge in [0.2, 0.25) is 11.8 Å². The molecule has 2 aromatic rings. The first-order valence-electron chi connectivity index (χ1n) is 9.14. The second-order valence-electron chi connectivity index (χ2n) is 7.22. The molecule has 0 radical (unpaired) electrons. The van der Waals surface area contributed by atoms with Gasteiger partial charge in [-0.15, -0.1) is 0 Å². The lowest BCUT2D eigenvalue weighted by atomic mass is 9.82. The standard InChI is InChI=1S/C22H19BrN2O3/c1-13-2-11-18-19(12-13)22(28)25(21(18)27)17-9-3-14(4-10-17)20(26)24-16-7-5-15(23)6-8-16/h2-10,18-19H,11-12H2,1H3,(H,24,26)/t18-,19-/m0/s1. The third-order valence-corrected chi connectivity index (χ3v) is 5.84. The zero-order chi connectivity index (χ0) is 19.8. The van der Waals surface area contributed by atoms with Gasteiger partial charge in [0, 0.05) is 15.7 Å². The number of amides is 3. The van der Waals surface area contributed by atoms with Gasteiger partial charge in [0.1, 0.15) is 0 Å². The van der Waals surface area contributed by atoms with E-state index < -0.39 is 0 Å². The van der Waals surface area contributed by atoms with Crippen LogP contribution in [0.1, 0.15) is 30.1 Å². The summed E-state index contributed by atoms with van der Waals surface area (Å²) >= 11 is 3.36. The molecule has 5 nitrogen and oxygen atoms in total. The Morgan fingerprint density at radius 2 is 1.64 bits per heavy atom. The topological polar surface area (TPSA) is 66.5 Å². The van der Waals surface area contributed by atoms with Gasteiger partial charge in [0.05, 0.1) is 17.5 Å². The maximum atomic E-state index is 12.8. The molecular formula is C22H19BrN2O3. The molecule has 28 heavy (non-hydrogen) atoms. The summed E-state index contributed by atoms with van der Waals surface area (Å²) in [6.45, 7) is 2.00. The van der Waals surface area contributed by atoms with Crippen LogP contribution in [0.15, 0.2) is 64.7 Å². The molecule has 142 valence electrons. The minimum atomic E-state index is -0.267. The number of carbonyl (C=O) groups is 3. The number of anilines is 2. The van der Waals surface area contributed by atoms with Gasteiger partial charge in [-0.25, -0.2) is 0 Å². The lowest BCUT2D eigenvalue weighted by Crippen LogP contribution is -2.30. The Labute approximate surface area is 171 Å². The average molecular weight is 439 g/mol. The minimum Gasteiger partial charge on any atom is -0.322 e. The van der Waals surface area contributed by atoms with E-state index in [1.54, 1.807) is 36.4 Å². The molecule has 0 saturated carbocycles. The maximum absolute atomic E-state index is 12.8. The number of hydrogen-bond acceptors (Lipinski definition) is 3. The normalized spacial score (nSPS) is 21.4. The molecule has 0 aromatic heterocycles. The summed E-state index contributed by atoms with van der Waals surface area (Å²) in [5.74, 6) is -1.07. The molecule has 1 heterocycles. The van der Waals surface area contributed by atoms with E-state index >= 15 is 0 Å². The monoisotopic (exact) mass is 438 g/mol. The predicted octanol–water partition coefficient (Wildman–Crippen LogP) is 4.55.